The molecule has 1 unspecified atom stereocenters. The van der Waals surface area contributed by atoms with Crippen molar-refractivity contribution in [2.45, 2.75) is 13.3 Å². The van der Waals surface area contributed by atoms with Crippen LogP contribution in [-0.4, -0.2) is 41.2 Å². The molecule has 8 nitrogen and oxygen atoms in total. The fourth-order valence-electron chi connectivity index (χ4n) is 2.02. The van der Waals surface area contributed by atoms with E-state index in [1.54, 1.807) is 14.0 Å². The first-order valence-electron chi connectivity index (χ1n) is 6.06. The Morgan fingerprint density at radius 1 is 1.55 bits per heavy atom. The smallest absolute Gasteiger partial charge is 0.356 e. The van der Waals surface area contributed by atoms with E-state index in [4.69, 9.17) is 0 Å². The van der Waals surface area contributed by atoms with Crippen LogP contribution in [0.2, 0.25) is 0 Å². The van der Waals surface area contributed by atoms with Gasteiger partial charge in [-0.2, -0.15) is 5.10 Å². The normalized spacial score (nSPS) is 21.4. The minimum atomic E-state index is -0.806. The Balaban J connectivity index is 2.13. The molecule has 1 saturated heterocycles. The van der Waals surface area contributed by atoms with E-state index in [0.29, 0.717) is 0 Å². The molecule has 0 saturated carbocycles. The molecule has 0 spiro atoms. The number of hydrogen-bond acceptors (Lipinski definition) is 5. The van der Waals surface area contributed by atoms with Crippen molar-refractivity contribution >= 4 is 23.6 Å². The van der Waals surface area contributed by atoms with Gasteiger partial charge in [0.05, 0.1) is 12.5 Å². The lowest BCUT2D eigenvalue weighted by molar-refractivity contribution is -0.126. The molecule has 0 bridgehead atoms. The molecule has 2 N–H and O–H groups in total. The molecule has 20 heavy (non-hydrogen) atoms. The first kappa shape index (κ1) is 14.0. The SMILES string of the molecule is COC(=O)c1cc(NC(=O)C2(C)CNC(=O)C2)nn1C. The summed E-state index contributed by atoms with van der Waals surface area (Å²) in [4.78, 5) is 34.8. The highest BCUT2D eigenvalue weighted by atomic mass is 16.5. The number of esters is 1. The van der Waals surface area contributed by atoms with Crippen molar-refractivity contribution in [3.63, 3.8) is 0 Å². The average Bonchev–Trinajstić information content (AvgIpc) is 2.92. The second-order valence-electron chi connectivity index (χ2n) is 5.00. The Kier molecular flexibility index (Phi) is 3.47. The zero-order chi connectivity index (χ0) is 14.9. The van der Waals surface area contributed by atoms with Gasteiger partial charge in [0, 0.05) is 26.1 Å². The third-order valence-corrected chi connectivity index (χ3v) is 3.29. The summed E-state index contributed by atoms with van der Waals surface area (Å²) in [6.45, 7) is 1.98. The van der Waals surface area contributed by atoms with Crippen LogP contribution < -0.4 is 10.6 Å². The van der Waals surface area contributed by atoms with E-state index in [2.05, 4.69) is 20.5 Å². The van der Waals surface area contributed by atoms with E-state index in [1.807, 2.05) is 0 Å². The van der Waals surface area contributed by atoms with Crippen molar-refractivity contribution in [2.75, 3.05) is 19.0 Å². The number of methoxy groups -OCH3 is 1. The zero-order valence-corrected chi connectivity index (χ0v) is 11.5. The van der Waals surface area contributed by atoms with Gasteiger partial charge in [0.15, 0.2) is 5.82 Å². The molecule has 8 heteroatoms. The Bertz CT molecular complexity index is 580. The number of ether oxygens (including phenoxy) is 1. The number of aromatic nitrogens is 2. The van der Waals surface area contributed by atoms with Gasteiger partial charge in [0.2, 0.25) is 11.8 Å². The number of amides is 2. The Morgan fingerprint density at radius 3 is 2.80 bits per heavy atom. The van der Waals surface area contributed by atoms with E-state index in [0.717, 1.165) is 0 Å². The minimum absolute atomic E-state index is 0.134. The van der Waals surface area contributed by atoms with Crippen molar-refractivity contribution in [2.24, 2.45) is 12.5 Å². The number of anilines is 1. The lowest BCUT2D eigenvalue weighted by Gasteiger charge is -2.19. The lowest BCUT2D eigenvalue weighted by atomic mass is 9.88. The predicted octanol–water partition coefficient (Wildman–Crippen LogP) is -0.329. The fraction of sp³-hybridized carbons (Fsp3) is 0.500. The van der Waals surface area contributed by atoms with Gasteiger partial charge in [0.25, 0.3) is 0 Å². The average molecular weight is 280 g/mol. The summed E-state index contributed by atoms with van der Waals surface area (Å²) in [7, 11) is 2.84. The number of aryl methyl sites for hydroxylation is 1. The fourth-order valence-corrected chi connectivity index (χ4v) is 2.02. The van der Waals surface area contributed by atoms with Crippen molar-refractivity contribution in [3.05, 3.63) is 11.8 Å². The van der Waals surface area contributed by atoms with Crippen LogP contribution in [0, 0.1) is 5.41 Å². The molecular weight excluding hydrogens is 264 g/mol. The molecule has 1 atom stereocenters. The third kappa shape index (κ3) is 2.49. The maximum atomic E-state index is 12.2. The van der Waals surface area contributed by atoms with Crippen LogP contribution in [0.4, 0.5) is 5.82 Å². The number of carbonyl (C=O) groups is 3. The molecule has 0 radical (unpaired) electrons. The van der Waals surface area contributed by atoms with Crippen LogP contribution in [0.25, 0.3) is 0 Å². The molecule has 0 aliphatic carbocycles. The van der Waals surface area contributed by atoms with Crippen LogP contribution in [0.1, 0.15) is 23.8 Å². The van der Waals surface area contributed by atoms with Gasteiger partial charge in [-0.15, -0.1) is 0 Å². The molecule has 1 aromatic heterocycles. The predicted molar refractivity (Wildman–Crippen MR) is 68.9 cm³/mol. The van der Waals surface area contributed by atoms with E-state index in [1.165, 1.54) is 17.9 Å². The largest absolute Gasteiger partial charge is 0.464 e. The number of nitrogens with zero attached hydrogens (tertiary/aromatic N) is 2. The Hall–Kier alpha value is -2.38. The molecule has 2 rings (SSSR count). The topological polar surface area (TPSA) is 102 Å². The zero-order valence-electron chi connectivity index (χ0n) is 11.5. The van der Waals surface area contributed by atoms with Crippen molar-refractivity contribution < 1.29 is 19.1 Å². The van der Waals surface area contributed by atoms with Crippen LogP contribution >= 0.6 is 0 Å². The van der Waals surface area contributed by atoms with E-state index >= 15 is 0 Å². The summed E-state index contributed by atoms with van der Waals surface area (Å²) in [5.41, 5.74) is -0.575. The number of rotatable bonds is 3. The number of nitrogens with one attached hydrogen (secondary N) is 2. The highest BCUT2D eigenvalue weighted by Gasteiger charge is 2.41. The first-order valence-corrected chi connectivity index (χ1v) is 6.06. The quantitative estimate of drug-likeness (QED) is 0.738. The molecule has 1 aromatic rings. The summed E-state index contributed by atoms with van der Waals surface area (Å²) < 4.78 is 5.92. The van der Waals surface area contributed by atoms with E-state index < -0.39 is 11.4 Å². The summed E-state index contributed by atoms with van der Waals surface area (Å²) in [5.74, 6) is -0.757. The maximum Gasteiger partial charge on any atom is 0.356 e. The van der Waals surface area contributed by atoms with Gasteiger partial charge >= 0.3 is 5.97 Å². The van der Waals surface area contributed by atoms with Gasteiger partial charge in [-0.3, -0.25) is 14.3 Å². The van der Waals surface area contributed by atoms with Gasteiger partial charge < -0.3 is 15.4 Å². The molecule has 0 aromatic carbocycles. The van der Waals surface area contributed by atoms with Crippen LogP contribution in [0.5, 0.6) is 0 Å². The minimum Gasteiger partial charge on any atom is -0.464 e. The highest BCUT2D eigenvalue weighted by molar-refractivity contribution is 6.00. The molecule has 2 heterocycles. The van der Waals surface area contributed by atoms with Gasteiger partial charge in [-0.25, -0.2) is 4.79 Å². The van der Waals surface area contributed by atoms with Crippen molar-refractivity contribution in [1.82, 2.24) is 15.1 Å². The van der Waals surface area contributed by atoms with Crippen LogP contribution in [0.3, 0.4) is 0 Å². The van der Waals surface area contributed by atoms with Crippen LogP contribution in [-0.2, 0) is 21.4 Å². The highest BCUT2D eigenvalue weighted by Crippen LogP contribution is 2.27. The maximum absolute atomic E-state index is 12.2. The summed E-state index contributed by atoms with van der Waals surface area (Å²) >= 11 is 0. The lowest BCUT2D eigenvalue weighted by Crippen LogP contribution is -2.35. The number of carbonyl (C=O) groups excluding carboxylic acids is 3. The number of hydrogen-bond donors (Lipinski definition) is 2. The van der Waals surface area contributed by atoms with Gasteiger partial charge in [-0.05, 0) is 6.92 Å². The molecule has 1 aliphatic heterocycles. The summed E-state index contributed by atoms with van der Waals surface area (Å²) in [5, 5.41) is 9.26. The van der Waals surface area contributed by atoms with Crippen molar-refractivity contribution in [1.29, 1.82) is 0 Å². The molecular formula is C12H16N4O4. The van der Waals surface area contributed by atoms with Crippen LogP contribution in [0.15, 0.2) is 6.07 Å². The monoisotopic (exact) mass is 280 g/mol. The van der Waals surface area contributed by atoms with E-state index in [9.17, 15) is 14.4 Å². The Labute approximate surface area is 115 Å². The second kappa shape index (κ2) is 4.95. The summed E-state index contributed by atoms with van der Waals surface area (Å²) in [6, 6.07) is 1.43. The van der Waals surface area contributed by atoms with Crippen molar-refractivity contribution in [3.8, 4) is 0 Å². The molecule has 2 amide bonds. The molecule has 1 fully saturated rings. The molecule has 108 valence electrons. The first-order chi connectivity index (χ1) is 9.35. The van der Waals surface area contributed by atoms with Gasteiger partial charge in [-0.1, -0.05) is 0 Å². The molecule has 1 aliphatic rings. The van der Waals surface area contributed by atoms with Gasteiger partial charge in [0.1, 0.15) is 5.69 Å². The van der Waals surface area contributed by atoms with E-state index in [-0.39, 0.29) is 36.3 Å². The summed E-state index contributed by atoms with van der Waals surface area (Å²) in [6.07, 6.45) is 0.134. The Morgan fingerprint density at radius 2 is 2.25 bits per heavy atom. The second-order valence-corrected chi connectivity index (χ2v) is 5.00. The standard InChI is InChI=1S/C12H16N4O4/c1-12(5-9(17)13-6-12)11(19)14-8-4-7(10(18)20-3)16(2)15-8/h4H,5-6H2,1-3H3,(H,13,17)(H,14,15,19). The third-order valence-electron chi connectivity index (χ3n) is 3.29.